The quantitative estimate of drug-likeness (QED) is 0.782. The molecule has 1 aliphatic heterocycles. The van der Waals surface area contributed by atoms with Crippen LogP contribution in [0.3, 0.4) is 0 Å². The lowest BCUT2D eigenvalue weighted by Gasteiger charge is -2.29. The van der Waals surface area contributed by atoms with Crippen molar-refractivity contribution < 1.29 is 9.90 Å². The zero-order valence-electron chi connectivity index (χ0n) is 14.1. The Balaban J connectivity index is 1.70. The number of carbonyl (C=O) groups is 1. The van der Waals surface area contributed by atoms with Gasteiger partial charge in [0.15, 0.2) is 0 Å². The van der Waals surface area contributed by atoms with Crippen molar-refractivity contribution >= 4 is 5.91 Å². The number of aliphatic hydroxyl groups is 1. The molecule has 3 rings (SSSR count). The molecular weight excluding hydrogens is 304 g/mol. The maximum Gasteiger partial charge on any atom is 0.251 e. The van der Waals surface area contributed by atoms with E-state index in [0.717, 1.165) is 29.9 Å². The van der Waals surface area contributed by atoms with Gasteiger partial charge in [0.2, 0.25) is 0 Å². The molecule has 0 unspecified atom stereocenters. The summed E-state index contributed by atoms with van der Waals surface area (Å²) in [5.41, 5.74) is 3.72. The van der Waals surface area contributed by atoms with Gasteiger partial charge in [-0.05, 0) is 50.6 Å². The van der Waals surface area contributed by atoms with E-state index in [4.69, 9.17) is 0 Å². The van der Waals surface area contributed by atoms with Gasteiger partial charge in [0.05, 0.1) is 24.4 Å². The normalized spacial score (nSPS) is 20.8. The number of benzene rings is 1. The van der Waals surface area contributed by atoms with Crippen LogP contribution in [-0.4, -0.2) is 46.0 Å². The van der Waals surface area contributed by atoms with E-state index in [-0.39, 0.29) is 11.9 Å². The minimum atomic E-state index is -0.541. The van der Waals surface area contributed by atoms with Crippen LogP contribution >= 0.6 is 0 Å². The summed E-state index contributed by atoms with van der Waals surface area (Å²) in [5, 5.41) is 20.5. The van der Waals surface area contributed by atoms with Crippen molar-refractivity contribution in [2.45, 2.75) is 39.0 Å². The van der Waals surface area contributed by atoms with Gasteiger partial charge in [-0.15, -0.1) is 0 Å². The number of β-amino-alcohol motifs (C(OH)–C–C–N with tert-alkyl or cyclic N) is 1. The molecule has 0 aliphatic carbocycles. The number of hydrogen-bond donors (Lipinski definition) is 3. The first-order valence-electron chi connectivity index (χ1n) is 8.32. The first-order chi connectivity index (χ1) is 11.5. The Morgan fingerprint density at radius 3 is 2.96 bits per heavy atom. The van der Waals surface area contributed by atoms with Gasteiger partial charge in [0.25, 0.3) is 5.91 Å². The first kappa shape index (κ1) is 16.7. The summed E-state index contributed by atoms with van der Waals surface area (Å²) in [6.45, 7) is 5.95. The van der Waals surface area contributed by atoms with Crippen molar-refractivity contribution in [3.8, 4) is 0 Å². The minimum Gasteiger partial charge on any atom is -0.390 e. The second kappa shape index (κ2) is 7.15. The summed E-state index contributed by atoms with van der Waals surface area (Å²) in [6.07, 6.45) is 0.193. The molecular formula is C18H24N4O2. The Hall–Kier alpha value is -2.18. The zero-order chi connectivity index (χ0) is 17.1. The first-order valence-corrected chi connectivity index (χ1v) is 8.32. The van der Waals surface area contributed by atoms with E-state index in [1.165, 1.54) is 0 Å². The smallest absolute Gasteiger partial charge is 0.251 e. The number of nitrogens with one attached hydrogen (secondary N) is 2. The largest absolute Gasteiger partial charge is 0.390 e. The maximum absolute atomic E-state index is 12.5. The van der Waals surface area contributed by atoms with E-state index < -0.39 is 6.10 Å². The van der Waals surface area contributed by atoms with Crippen molar-refractivity contribution in [3.63, 3.8) is 0 Å². The summed E-state index contributed by atoms with van der Waals surface area (Å²) in [5.74, 6) is -0.142. The van der Waals surface area contributed by atoms with E-state index in [0.29, 0.717) is 18.7 Å². The molecule has 1 aliphatic rings. The molecule has 1 aromatic carbocycles. The fraction of sp³-hybridized carbons (Fsp3) is 0.444. The lowest BCUT2D eigenvalue weighted by Crippen LogP contribution is -2.52. The fourth-order valence-corrected chi connectivity index (χ4v) is 3.08. The highest BCUT2D eigenvalue weighted by atomic mass is 16.3. The predicted octanol–water partition coefficient (Wildman–Crippen LogP) is 1.00. The molecule has 2 aromatic rings. The third kappa shape index (κ3) is 3.83. The molecule has 6 heteroatoms. The lowest BCUT2D eigenvalue weighted by molar-refractivity contribution is 0.0765. The average molecular weight is 328 g/mol. The summed E-state index contributed by atoms with van der Waals surface area (Å²) in [7, 11) is 0. The second-order valence-corrected chi connectivity index (χ2v) is 6.43. The predicted molar refractivity (Wildman–Crippen MR) is 92.0 cm³/mol. The molecule has 24 heavy (non-hydrogen) atoms. The molecule has 1 amide bonds. The van der Waals surface area contributed by atoms with Crippen LogP contribution in [0.15, 0.2) is 30.3 Å². The van der Waals surface area contributed by atoms with Gasteiger partial charge in [-0.2, -0.15) is 5.10 Å². The molecule has 1 aromatic heterocycles. The third-order valence-electron chi connectivity index (χ3n) is 4.39. The Bertz CT molecular complexity index is 726. The van der Waals surface area contributed by atoms with E-state index >= 15 is 0 Å². The van der Waals surface area contributed by atoms with Gasteiger partial charge in [-0.25, -0.2) is 0 Å². The summed E-state index contributed by atoms with van der Waals surface area (Å²) >= 11 is 0. The van der Waals surface area contributed by atoms with E-state index in [1.807, 2.05) is 42.8 Å². The number of carbonyl (C=O) groups excluding carboxylic acids is 1. The standard InChI is InChI=1S/C18H24N4O2/c1-12-8-13(2)22(21-12)11-14-4-3-5-15(9-14)18(24)20-16-6-7-19-10-17(16)23/h3-5,8-9,16-17,19,23H,6-7,10-11H2,1-2H3,(H,20,24)/t16-,17-/m1/s1. The van der Waals surface area contributed by atoms with Crippen molar-refractivity contribution in [2.75, 3.05) is 13.1 Å². The van der Waals surface area contributed by atoms with E-state index in [9.17, 15) is 9.90 Å². The van der Waals surface area contributed by atoms with E-state index in [2.05, 4.69) is 15.7 Å². The van der Waals surface area contributed by atoms with Crippen molar-refractivity contribution in [1.29, 1.82) is 0 Å². The maximum atomic E-state index is 12.5. The number of aryl methyl sites for hydroxylation is 2. The van der Waals surface area contributed by atoms with Gasteiger partial charge in [-0.1, -0.05) is 12.1 Å². The fourth-order valence-electron chi connectivity index (χ4n) is 3.08. The monoisotopic (exact) mass is 328 g/mol. The molecule has 0 bridgehead atoms. The van der Waals surface area contributed by atoms with Crippen LogP contribution in [0.2, 0.25) is 0 Å². The van der Waals surface area contributed by atoms with Crippen molar-refractivity contribution in [3.05, 3.63) is 52.8 Å². The van der Waals surface area contributed by atoms with Gasteiger partial charge in [-0.3, -0.25) is 9.48 Å². The number of hydrogen-bond acceptors (Lipinski definition) is 4. The van der Waals surface area contributed by atoms with Gasteiger partial charge < -0.3 is 15.7 Å². The average Bonchev–Trinajstić information content (AvgIpc) is 2.87. The van der Waals surface area contributed by atoms with Crippen LogP contribution < -0.4 is 10.6 Å². The summed E-state index contributed by atoms with van der Waals surface area (Å²) in [6, 6.07) is 9.40. The number of nitrogens with zero attached hydrogens (tertiary/aromatic N) is 2. The SMILES string of the molecule is Cc1cc(C)n(Cc2cccc(C(=O)N[C@@H]3CCNC[C@H]3O)c2)n1. The number of aromatic nitrogens is 2. The van der Waals surface area contributed by atoms with Crippen LogP contribution in [0.4, 0.5) is 0 Å². The molecule has 0 radical (unpaired) electrons. The number of amides is 1. The van der Waals surface area contributed by atoms with Gasteiger partial charge in [0.1, 0.15) is 0 Å². The lowest BCUT2D eigenvalue weighted by atomic mass is 10.0. The zero-order valence-corrected chi connectivity index (χ0v) is 14.1. The molecule has 128 valence electrons. The Morgan fingerprint density at radius 2 is 2.25 bits per heavy atom. The topological polar surface area (TPSA) is 79.2 Å². The number of rotatable bonds is 4. The van der Waals surface area contributed by atoms with Crippen molar-refractivity contribution in [1.82, 2.24) is 20.4 Å². The molecule has 6 nitrogen and oxygen atoms in total. The Morgan fingerprint density at radius 1 is 1.42 bits per heavy atom. The molecule has 0 spiro atoms. The molecule has 2 heterocycles. The van der Waals surface area contributed by atoms with Gasteiger partial charge in [0, 0.05) is 17.8 Å². The molecule has 3 N–H and O–H groups in total. The highest BCUT2D eigenvalue weighted by Gasteiger charge is 2.24. The van der Waals surface area contributed by atoms with Gasteiger partial charge >= 0.3 is 0 Å². The van der Waals surface area contributed by atoms with Crippen LogP contribution in [0.1, 0.15) is 33.7 Å². The van der Waals surface area contributed by atoms with Crippen molar-refractivity contribution in [2.24, 2.45) is 0 Å². The minimum absolute atomic E-state index is 0.142. The van der Waals surface area contributed by atoms with Crippen LogP contribution in [-0.2, 0) is 6.54 Å². The third-order valence-corrected chi connectivity index (χ3v) is 4.39. The summed E-state index contributed by atoms with van der Waals surface area (Å²) in [4.78, 5) is 12.5. The van der Waals surface area contributed by atoms with Crippen LogP contribution in [0.5, 0.6) is 0 Å². The number of piperidine rings is 1. The highest BCUT2D eigenvalue weighted by molar-refractivity contribution is 5.94. The van der Waals surface area contributed by atoms with E-state index in [1.54, 1.807) is 6.07 Å². The molecule has 0 saturated carbocycles. The Kier molecular flexibility index (Phi) is 4.97. The number of aliphatic hydroxyl groups excluding tert-OH is 1. The summed E-state index contributed by atoms with van der Waals surface area (Å²) < 4.78 is 1.93. The van der Waals surface area contributed by atoms with Crippen LogP contribution in [0, 0.1) is 13.8 Å². The molecule has 2 atom stereocenters. The Labute approximate surface area is 141 Å². The molecule has 1 fully saturated rings. The molecule has 1 saturated heterocycles. The highest BCUT2D eigenvalue weighted by Crippen LogP contribution is 2.11. The second-order valence-electron chi connectivity index (χ2n) is 6.43. The van der Waals surface area contributed by atoms with Crippen LogP contribution in [0.25, 0.3) is 0 Å².